The standard InChI is InChI=1S/C5H9F4O2P/c1-4(2)11-12(9,10)3-5(6,7)8/h4H,3H2,1-2H3. The zero-order valence-electron chi connectivity index (χ0n) is 6.56. The molecule has 0 saturated heterocycles. The van der Waals surface area contributed by atoms with E-state index in [1.807, 2.05) is 0 Å². The van der Waals surface area contributed by atoms with Crippen LogP contribution in [0.25, 0.3) is 0 Å². The predicted molar refractivity (Wildman–Crippen MR) is 35.9 cm³/mol. The molecule has 0 N–H and O–H groups in total. The zero-order chi connectivity index (χ0) is 9.99. The summed E-state index contributed by atoms with van der Waals surface area (Å²) in [6, 6.07) is 0. The summed E-state index contributed by atoms with van der Waals surface area (Å²) in [6.45, 7) is 2.62. The highest BCUT2D eigenvalue weighted by molar-refractivity contribution is 7.53. The molecule has 12 heavy (non-hydrogen) atoms. The van der Waals surface area contributed by atoms with Crippen molar-refractivity contribution >= 4 is 7.68 Å². The molecule has 0 saturated carbocycles. The van der Waals surface area contributed by atoms with Gasteiger partial charge in [0.2, 0.25) is 0 Å². The second-order valence-electron chi connectivity index (χ2n) is 2.52. The molecule has 0 radical (unpaired) electrons. The van der Waals surface area contributed by atoms with E-state index in [1.54, 1.807) is 0 Å². The summed E-state index contributed by atoms with van der Waals surface area (Å²) in [5.41, 5.74) is 0. The molecular weight excluding hydrogens is 199 g/mol. The van der Waals surface area contributed by atoms with Gasteiger partial charge >= 0.3 is 13.9 Å². The molecule has 0 aromatic heterocycles. The van der Waals surface area contributed by atoms with Gasteiger partial charge in [-0.25, -0.2) is 0 Å². The van der Waals surface area contributed by atoms with E-state index in [4.69, 9.17) is 0 Å². The molecule has 1 unspecified atom stereocenters. The molecule has 0 spiro atoms. The van der Waals surface area contributed by atoms with Crippen LogP contribution in [0.3, 0.4) is 0 Å². The van der Waals surface area contributed by atoms with Crippen LogP contribution in [0.15, 0.2) is 0 Å². The van der Waals surface area contributed by atoms with Gasteiger partial charge in [0.1, 0.15) is 6.16 Å². The van der Waals surface area contributed by atoms with Crippen molar-refractivity contribution in [1.82, 2.24) is 0 Å². The van der Waals surface area contributed by atoms with Crippen molar-refractivity contribution in [3.8, 4) is 0 Å². The van der Waals surface area contributed by atoms with E-state index < -0.39 is 26.1 Å². The van der Waals surface area contributed by atoms with Crippen molar-refractivity contribution in [3.63, 3.8) is 0 Å². The van der Waals surface area contributed by atoms with Gasteiger partial charge in [0.05, 0.1) is 6.10 Å². The number of hydrogen-bond donors (Lipinski definition) is 0. The first-order valence-corrected chi connectivity index (χ1v) is 4.86. The Hall–Kier alpha value is -0.0900. The zero-order valence-corrected chi connectivity index (χ0v) is 7.45. The second-order valence-corrected chi connectivity index (χ2v) is 4.23. The minimum absolute atomic E-state index is 0.816. The minimum atomic E-state index is -5.00. The Morgan fingerprint density at radius 1 is 1.42 bits per heavy atom. The Labute approximate surface area is 67.5 Å². The van der Waals surface area contributed by atoms with E-state index >= 15 is 0 Å². The number of rotatable bonds is 3. The second kappa shape index (κ2) is 3.75. The fourth-order valence-electron chi connectivity index (χ4n) is 0.566. The normalized spacial score (nSPS) is 17.9. The average molecular weight is 208 g/mol. The Balaban J connectivity index is 4.15. The molecule has 0 aliphatic carbocycles. The van der Waals surface area contributed by atoms with Crippen LogP contribution in [0, 0.1) is 0 Å². The summed E-state index contributed by atoms with van der Waals surface area (Å²) in [4.78, 5) is 0. The first kappa shape index (κ1) is 11.9. The quantitative estimate of drug-likeness (QED) is 0.526. The van der Waals surface area contributed by atoms with Crippen LogP contribution in [0.4, 0.5) is 17.4 Å². The summed E-state index contributed by atoms with van der Waals surface area (Å²) < 4.78 is 61.4. The number of halogens is 4. The summed E-state index contributed by atoms with van der Waals surface area (Å²) in [7, 11) is -5.00. The van der Waals surface area contributed by atoms with Gasteiger partial charge in [-0.05, 0) is 13.8 Å². The van der Waals surface area contributed by atoms with Gasteiger partial charge < -0.3 is 4.52 Å². The van der Waals surface area contributed by atoms with Gasteiger partial charge in [-0.3, -0.25) is 4.57 Å². The smallest absolute Gasteiger partial charge is 0.303 e. The highest BCUT2D eigenvalue weighted by Gasteiger charge is 2.40. The average Bonchev–Trinajstić information content (AvgIpc) is 1.48. The van der Waals surface area contributed by atoms with Crippen molar-refractivity contribution in [2.24, 2.45) is 0 Å². The molecule has 0 fully saturated rings. The molecule has 0 aromatic rings. The summed E-state index contributed by atoms with van der Waals surface area (Å²) in [6.07, 6.45) is -7.62. The van der Waals surface area contributed by atoms with Crippen molar-refractivity contribution in [3.05, 3.63) is 0 Å². The topological polar surface area (TPSA) is 26.3 Å². The lowest BCUT2D eigenvalue weighted by Crippen LogP contribution is -2.15. The largest absolute Gasteiger partial charge is 0.400 e. The predicted octanol–water partition coefficient (Wildman–Crippen LogP) is 3.14. The van der Waals surface area contributed by atoms with Crippen LogP contribution in [0.1, 0.15) is 13.8 Å². The van der Waals surface area contributed by atoms with Crippen LogP contribution >= 0.6 is 7.68 Å². The van der Waals surface area contributed by atoms with Crippen LogP contribution in [0.5, 0.6) is 0 Å². The molecule has 0 bridgehead atoms. The molecule has 0 amide bonds. The van der Waals surface area contributed by atoms with Crippen LogP contribution < -0.4 is 0 Å². The van der Waals surface area contributed by atoms with Crippen molar-refractivity contribution < 1.29 is 26.5 Å². The lowest BCUT2D eigenvalue weighted by Gasteiger charge is -2.13. The Morgan fingerprint density at radius 3 is 2.08 bits per heavy atom. The lowest BCUT2D eigenvalue weighted by atomic mass is 10.5. The fraction of sp³-hybridized carbons (Fsp3) is 1.00. The van der Waals surface area contributed by atoms with E-state index in [9.17, 15) is 21.9 Å². The minimum Gasteiger partial charge on any atom is -0.303 e. The van der Waals surface area contributed by atoms with Crippen LogP contribution in [-0.2, 0) is 9.09 Å². The van der Waals surface area contributed by atoms with Crippen molar-refractivity contribution in [1.29, 1.82) is 0 Å². The molecule has 74 valence electrons. The van der Waals surface area contributed by atoms with Gasteiger partial charge in [-0.2, -0.15) is 17.4 Å². The Kier molecular flexibility index (Phi) is 3.72. The molecule has 0 rings (SSSR count). The Morgan fingerprint density at radius 2 is 1.83 bits per heavy atom. The van der Waals surface area contributed by atoms with E-state index in [2.05, 4.69) is 4.52 Å². The molecule has 0 aliphatic heterocycles. The van der Waals surface area contributed by atoms with Gasteiger partial charge in [-0.15, -0.1) is 0 Å². The third kappa shape index (κ3) is 6.61. The SMILES string of the molecule is CC(C)OP(=O)(F)CC(F)(F)F. The molecule has 0 aliphatic rings. The van der Waals surface area contributed by atoms with Crippen LogP contribution in [0.2, 0.25) is 0 Å². The highest BCUT2D eigenvalue weighted by Crippen LogP contribution is 2.53. The summed E-state index contributed by atoms with van der Waals surface area (Å²) in [5.74, 6) is 0. The number of hydrogen-bond acceptors (Lipinski definition) is 2. The first-order valence-electron chi connectivity index (χ1n) is 3.16. The highest BCUT2D eigenvalue weighted by atomic mass is 31.2. The molecule has 2 nitrogen and oxygen atoms in total. The molecule has 0 heterocycles. The molecule has 0 aromatic carbocycles. The van der Waals surface area contributed by atoms with Gasteiger partial charge in [-0.1, -0.05) is 0 Å². The lowest BCUT2D eigenvalue weighted by molar-refractivity contribution is -0.109. The van der Waals surface area contributed by atoms with E-state index in [0.717, 1.165) is 0 Å². The van der Waals surface area contributed by atoms with Gasteiger partial charge in [0.15, 0.2) is 0 Å². The maximum atomic E-state index is 12.5. The molecule has 7 heteroatoms. The molecule has 1 atom stereocenters. The first-order chi connectivity index (χ1) is 5.12. The third-order valence-electron chi connectivity index (χ3n) is 0.736. The fourth-order valence-corrected chi connectivity index (χ4v) is 1.70. The van der Waals surface area contributed by atoms with Gasteiger partial charge in [0, 0.05) is 0 Å². The summed E-state index contributed by atoms with van der Waals surface area (Å²) >= 11 is 0. The van der Waals surface area contributed by atoms with Crippen molar-refractivity contribution in [2.75, 3.05) is 6.16 Å². The third-order valence-corrected chi connectivity index (χ3v) is 2.21. The van der Waals surface area contributed by atoms with E-state index in [1.165, 1.54) is 13.8 Å². The van der Waals surface area contributed by atoms with Crippen molar-refractivity contribution in [2.45, 2.75) is 26.1 Å². The van der Waals surface area contributed by atoms with E-state index in [0.29, 0.717) is 0 Å². The number of alkyl halides is 3. The maximum absolute atomic E-state index is 12.5. The van der Waals surface area contributed by atoms with Crippen LogP contribution in [-0.4, -0.2) is 18.4 Å². The van der Waals surface area contributed by atoms with E-state index in [-0.39, 0.29) is 0 Å². The Bertz CT molecular complexity index is 188. The monoisotopic (exact) mass is 208 g/mol. The summed E-state index contributed by atoms with van der Waals surface area (Å²) in [5, 5.41) is 0. The van der Waals surface area contributed by atoms with Gasteiger partial charge in [0.25, 0.3) is 0 Å². The maximum Gasteiger partial charge on any atom is 0.400 e. The molecular formula is C5H9F4O2P.